The molecule has 2 aromatic rings. The molecule has 180 valence electrons. The highest BCUT2D eigenvalue weighted by Gasteiger charge is 2.27. The van der Waals surface area contributed by atoms with Crippen LogP contribution in [0, 0.1) is 0 Å². The van der Waals surface area contributed by atoms with Gasteiger partial charge in [0.25, 0.3) is 0 Å². The third-order valence-corrected chi connectivity index (χ3v) is 7.75. The molecule has 0 radical (unpaired) electrons. The standard InChI is InChI=1S/C25H35N3O4S/c1-3-27(18-15-21-11-7-5-8-12-21)20-25(29)26-23-19-22(13-14-24(23)32-4-2)33(30,31)28-16-9-6-10-17-28/h5,7-8,11-14,19H,3-4,6,9-10,15-18,20H2,1-2H3,(H,26,29). The summed E-state index contributed by atoms with van der Waals surface area (Å²) in [5.41, 5.74) is 1.62. The van der Waals surface area contributed by atoms with Gasteiger partial charge < -0.3 is 10.1 Å². The van der Waals surface area contributed by atoms with Crippen molar-refractivity contribution in [2.24, 2.45) is 0 Å². The maximum atomic E-state index is 13.1. The van der Waals surface area contributed by atoms with Gasteiger partial charge in [-0.15, -0.1) is 0 Å². The lowest BCUT2D eigenvalue weighted by Gasteiger charge is -2.26. The number of nitrogens with one attached hydrogen (secondary N) is 1. The zero-order valence-corrected chi connectivity index (χ0v) is 20.4. The maximum absolute atomic E-state index is 13.1. The smallest absolute Gasteiger partial charge is 0.243 e. The van der Waals surface area contributed by atoms with E-state index in [0.29, 0.717) is 31.1 Å². The van der Waals surface area contributed by atoms with Crippen molar-refractivity contribution in [2.45, 2.75) is 44.4 Å². The maximum Gasteiger partial charge on any atom is 0.243 e. The van der Waals surface area contributed by atoms with Crippen molar-refractivity contribution in [1.82, 2.24) is 9.21 Å². The summed E-state index contributed by atoms with van der Waals surface area (Å²) in [5, 5.41) is 2.89. The average Bonchev–Trinajstić information content (AvgIpc) is 2.84. The SMILES string of the molecule is CCOc1ccc(S(=O)(=O)N2CCCCC2)cc1NC(=O)CN(CC)CCc1ccccc1. The minimum Gasteiger partial charge on any atom is -0.492 e. The van der Waals surface area contributed by atoms with Crippen LogP contribution in [0.15, 0.2) is 53.4 Å². The number of likely N-dealkylation sites (N-methyl/N-ethyl adjacent to an activating group) is 1. The number of rotatable bonds is 11. The molecule has 0 aliphatic carbocycles. The number of benzene rings is 2. The Bertz CT molecular complexity index is 1010. The van der Waals surface area contributed by atoms with Crippen LogP contribution in [0.5, 0.6) is 5.75 Å². The van der Waals surface area contributed by atoms with E-state index in [1.165, 1.54) is 15.9 Å². The molecule has 0 atom stereocenters. The van der Waals surface area contributed by atoms with Gasteiger partial charge in [0.05, 0.1) is 23.7 Å². The topological polar surface area (TPSA) is 79.0 Å². The van der Waals surface area contributed by atoms with E-state index in [2.05, 4.69) is 22.3 Å². The summed E-state index contributed by atoms with van der Waals surface area (Å²) in [5.74, 6) is 0.272. The number of nitrogens with zero attached hydrogens (tertiary/aromatic N) is 2. The van der Waals surface area contributed by atoms with E-state index >= 15 is 0 Å². The first-order chi connectivity index (χ1) is 15.9. The molecule has 0 saturated carbocycles. The number of amides is 1. The van der Waals surface area contributed by atoms with E-state index < -0.39 is 10.0 Å². The lowest BCUT2D eigenvalue weighted by atomic mass is 10.1. The Morgan fingerprint density at radius 1 is 1.06 bits per heavy atom. The summed E-state index contributed by atoms with van der Waals surface area (Å²) < 4.78 is 33.4. The Hall–Kier alpha value is -2.42. The monoisotopic (exact) mass is 473 g/mol. The van der Waals surface area contributed by atoms with E-state index in [-0.39, 0.29) is 17.3 Å². The third kappa shape index (κ3) is 7.03. The molecule has 0 bridgehead atoms. The minimum atomic E-state index is -3.60. The Morgan fingerprint density at radius 2 is 1.79 bits per heavy atom. The molecule has 1 fully saturated rings. The van der Waals surface area contributed by atoms with Gasteiger partial charge in [0.2, 0.25) is 15.9 Å². The molecule has 1 amide bonds. The van der Waals surface area contributed by atoms with Crippen molar-refractivity contribution in [3.8, 4) is 5.75 Å². The number of anilines is 1. The highest BCUT2D eigenvalue weighted by Crippen LogP contribution is 2.30. The number of carbonyl (C=O) groups excluding carboxylic acids is 1. The molecular formula is C25H35N3O4S. The molecule has 3 rings (SSSR count). The van der Waals surface area contributed by atoms with Crippen molar-refractivity contribution < 1.29 is 17.9 Å². The van der Waals surface area contributed by atoms with Crippen LogP contribution in [0.3, 0.4) is 0 Å². The lowest BCUT2D eigenvalue weighted by Crippen LogP contribution is -2.36. The minimum absolute atomic E-state index is 0.180. The van der Waals surface area contributed by atoms with Crippen molar-refractivity contribution in [1.29, 1.82) is 0 Å². The molecule has 8 heteroatoms. The van der Waals surface area contributed by atoms with Crippen LogP contribution in [0.4, 0.5) is 5.69 Å². The normalized spacial score (nSPS) is 14.9. The molecule has 1 N–H and O–H groups in total. The van der Waals surface area contributed by atoms with Gasteiger partial charge >= 0.3 is 0 Å². The molecule has 2 aromatic carbocycles. The first-order valence-electron chi connectivity index (χ1n) is 11.8. The van der Waals surface area contributed by atoms with Crippen molar-refractivity contribution in [3.63, 3.8) is 0 Å². The van der Waals surface area contributed by atoms with Crippen LogP contribution < -0.4 is 10.1 Å². The predicted molar refractivity (Wildman–Crippen MR) is 131 cm³/mol. The zero-order chi connectivity index (χ0) is 23.7. The number of ether oxygens (including phenoxy) is 1. The Balaban J connectivity index is 1.70. The van der Waals surface area contributed by atoms with Crippen LogP contribution in [-0.2, 0) is 21.2 Å². The summed E-state index contributed by atoms with van der Waals surface area (Å²) >= 11 is 0. The molecule has 1 heterocycles. The van der Waals surface area contributed by atoms with E-state index in [4.69, 9.17) is 4.74 Å². The quantitative estimate of drug-likeness (QED) is 0.538. The number of hydrogen-bond donors (Lipinski definition) is 1. The van der Waals surface area contributed by atoms with Crippen LogP contribution in [0.2, 0.25) is 0 Å². The van der Waals surface area contributed by atoms with E-state index in [1.807, 2.05) is 32.0 Å². The molecule has 0 unspecified atom stereocenters. The van der Waals surface area contributed by atoms with Crippen LogP contribution in [0.25, 0.3) is 0 Å². The molecule has 1 saturated heterocycles. The number of carbonyl (C=O) groups is 1. The fourth-order valence-electron chi connectivity index (χ4n) is 3.98. The fourth-order valence-corrected chi connectivity index (χ4v) is 5.52. The van der Waals surface area contributed by atoms with Gasteiger partial charge in [-0.1, -0.05) is 43.7 Å². The molecule has 0 aromatic heterocycles. The van der Waals surface area contributed by atoms with Gasteiger partial charge in [-0.05, 0) is 56.5 Å². The number of piperidine rings is 1. The molecule has 7 nitrogen and oxygen atoms in total. The first-order valence-corrected chi connectivity index (χ1v) is 13.2. The lowest BCUT2D eigenvalue weighted by molar-refractivity contribution is -0.117. The summed E-state index contributed by atoms with van der Waals surface area (Å²) in [6.07, 6.45) is 3.65. The second kappa shape index (κ2) is 12.2. The van der Waals surface area contributed by atoms with Crippen LogP contribution in [-0.4, -0.2) is 62.9 Å². The highest BCUT2D eigenvalue weighted by atomic mass is 32.2. The van der Waals surface area contributed by atoms with Gasteiger partial charge in [-0.3, -0.25) is 9.69 Å². The summed E-state index contributed by atoms with van der Waals surface area (Å²) in [7, 11) is -3.60. The van der Waals surface area contributed by atoms with Gasteiger partial charge in [-0.2, -0.15) is 4.31 Å². The van der Waals surface area contributed by atoms with Crippen LogP contribution in [0.1, 0.15) is 38.7 Å². The van der Waals surface area contributed by atoms with E-state index in [9.17, 15) is 13.2 Å². The molecule has 33 heavy (non-hydrogen) atoms. The van der Waals surface area contributed by atoms with Crippen molar-refractivity contribution in [2.75, 3.05) is 44.6 Å². The van der Waals surface area contributed by atoms with Crippen LogP contribution >= 0.6 is 0 Å². The molecule has 1 aliphatic rings. The third-order valence-electron chi connectivity index (χ3n) is 5.85. The second-order valence-electron chi connectivity index (χ2n) is 8.21. The Kier molecular flexibility index (Phi) is 9.29. The van der Waals surface area contributed by atoms with Gasteiger partial charge in [0, 0.05) is 19.6 Å². The number of sulfonamides is 1. The molecule has 1 aliphatic heterocycles. The number of hydrogen-bond acceptors (Lipinski definition) is 5. The predicted octanol–water partition coefficient (Wildman–Crippen LogP) is 3.76. The van der Waals surface area contributed by atoms with E-state index in [0.717, 1.165) is 38.8 Å². The van der Waals surface area contributed by atoms with Crippen molar-refractivity contribution in [3.05, 3.63) is 54.1 Å². The van der Waals surface area contributed by atoms with Gasteiger partial charge in [0.1, 0.15) is 5.75 Å². The summed E-state index contributed by atoms with van der Waals surface area (Å²) in [4.78, 5) is 15.1. The summed E-state index contributed by atoms with van der Waals surface area (Å²) in [6.45, 7) is 7.07. The molecular weight excluding hydrogens is 438 g/mol. The highest BCUT2D eigenvalue weighted by molar-refractivity contribution is 7.89. The Morgan fingerprint density at radius 3 is 2.45 bits per heavy atom. The first kappa shape index (κ1) is 25.2. The molecule has 0 spiro atoms. The van der Waals surface area contributed by atoms with Gasteiger partial charge in [0.15, 0.2) is 0 Å². The van der Waals surface area contributed by atoms with Crippen molar-refractivity contribution >= 4 is 21.6 Å². The largest absolute Gasteiger partial charge is 0.492 e. The summed E-state index contributed by atoms with van der Waals surface area (Å²) in [6, 6.07) is 14.9. The Labute approximate surface area is 197 Å². The average molecular weight is 474 g/mol. The van der Waals surface area contributed by atoms with E-state index in [1.54, 1.807) is 12.1 Å². The zero-order valence-electron chi connectivity index (χ0n) is 19.6. The second-order valence-corrected chi connectivity index (χ2v) is 10.1. The van der Waals surface area contributed by atoms with Gasteiger partial charge in [-0.25, -0.2) is 8.42 Å². The fraction of sp³-hybridized carbons (Fsp3) is 0.480.